The van der Waals surface area contributed by atoms with Gasteiger partial charge in [0.1, 0.15) is 5.75 Å². The number of oxime groups is 1. The number of ether oxygens (including phenoxy) is 1. The smallest absolute Gasteiger partial charge is 0.171 e. The summed E-state index contributed by atoms with van der Waals surface area (Å²) in [5.41, 5.74) is 5.95. The summed E-state index contributed by atoms with van der Waals surface area (Å²) in [5.74, 6) is 1.27. The van der Waals surface area contributed by atoms with E-state index in [9.17, 15) is 0 Å². The van der Waals surface area contributed by atoms with Gasteiger partial charge < -0.3 is 15.7 Å². The van der Waals surface area contributed by atoms with Crippen molar-refractivity contribution in [1.29, 1.82) is 0 Å². The lowest BCUT2D eigenvalue weighted by atomic mass is 10.1. The van der Waals surface area contributed by atoms with E-state index in [0.717, 1.165) is 6.42 Å². The van der Waals surface area contributed by atoms with Crippen LogP contribution < -0.4 is 10.5 Å². The zero-order valence-corrected chi connectivity index (χ0v) is 10.7. The van der Waals surface area contributed by atoms with Gasteiger partial charge in [0.25, 0.3) is 0 Å². The number of nitrogens with two attached hydrogens (primary N) is 1. The van der Waals surface area contributed by atoms with Crippen molar-refractivity contribution in [3.05, 3.63) is 28.8 Å². The summed E-state index contributed by atoms with van der Waals surface area (Å²) in [6, 6.07) is 5.08. The van der Waals surface area contributed by atoms with Crippen molar-refractivity contribution in [2.45, 2.75) is 20.3 Å². The number of hydrogen-bond acceptors (Lipinski definition) is 3. The fourth-order valence-electron chi connectivity index (χ4n) is 1.26. The SMILES string of the molecule is CC(C)CCOc1ccc(C(N)=NO)c(Cl)c1. The minimum Gasteiger partial charge on any atom is -0.494 e. The van der Waals surface area contributed by atoms with Crippen molar-refractivity contribution in [3.8, 4) is 5.75 Å². The van der Waals surface area contributed by atoms with Crippen LogP contribution >= 0.6 is 11.6 Å². The second-order valence-corrected chi connectivity index (χ2v) is 4.57. The summed E-state index contributed by atoms with van der Waals surface area (Å²) in [6.07, 6.45) is 0.986. The van der Waals surface area contributed by atoms with Crippen molar-refractivity contribution < 1.29 is 9.94 Å². The Labute approximate surface area is 106 Å². The molecule has 4 nitrogen and oxygen atoms in total. The van der Waals surface area contributed by atoms with E-state index in [4.69, 9.17) is 27.3 Å². The molecular formula is C12H17ClN2O2. The van der Waals surface area contributed by atoms with Crippen molar-refractivity contribution in [2.75, 3.05) is 6.61 Å². The molecule has 94 valence electrons. The number of benzene rings is 1. The summed E-state index contributed by atoms with van der Waals surface area (Å²) in [6.45, 7) is 4.92. The van der Waals surface area contributed by atoms with Crippen molar-refractivity contribution >= 4 is 17.4 Å². The van der Waals surface area contributed by atoms with E-state index in [1.807, 2.05) is 0 Å². The van der Waals surface area contributed by atoms with Crippen LogP contribution in [-0.2, 0) is 0 Å². The lowest BCUT2D eigenvalue weighted by Gasteiger charge is -2.09. The molecule has 1 rings (SSSR count). The molecule has 0 spiro atoms. The highest BCUT2D eigenvalue weighted by molar-refractivity contribution is 6.34. The fraction of sp³-hybridized carbons (Fsp3) is 0.417. The molecule has 0 fully saturated rings. The largest absolute Gasteiger partial charge is 0.494 e. The molecule has 1 aromatic rings. The van der Waals surface area contributed by atoms with Crippen LogP contribution in [0.2, 0.25) is 5.02 Å². The quantitative estimate of drug-likeness (QED) is 0.368. The molecule has 0 aromatic heterocycles. The molecule has 0 radical (unpaired) electrons. The maximum absolute atomic E-state index is 8.56. The standard InChI is InChI=1S/C12H17ClN2O2/c1-8(2)5-6-17-9-3-4-10(11(13)7-9)12(14)15-16/h3-4,7-8,16H,5-6H2,1-2H3,(H2,14,15). The molecule has 0 bridgehead atoms. The van der Waals surface area contributed by atoms with Gasteiger partial charge in [-0.25, -0.2) is 0 Å². The minimum atomic E-state index is -0.0104. The van der Waals surface area contributed by atoms with E-state index in [1.165, 1.54) is 0 Å². The van der Waals surface area contributed by atoms with Gasteiger partial charge in [-0.1, -0.05) is 30.6 Å². The Morgan fingerprint density at radius 1 is 1.53 bits per heavy atom. The van der Waals surface area contributed by atoms with Gasteiger partial charge in [0.05, 0.1) is 11.6 Å². The second kappa shape index (κ2) is 6.35. The third kappa shape index (κ3) is 4.15. The van der Waals surface area contributed by atoms with Gasteiger partial charge in [0.2, 0.25) is 0 Å². The number of amidine groups is 1. The van der Waals surface area contributed by atoms with Crippen LogP contribution in [0.1, 0.15) is 25.8 Å². The molecule has 3 N–H and O–H groups in total. The van der Waals surface area contributed by atoms with Crippen molar-refractivity contribution in [3.63, 3.8) is 0 Å². The first kappa shape index (κ1) is 13.6. The van der Waals surface area contributed by atoms with E-state index in [1.54, 1.807) is 18.2 Å². The fourth-order valence-corrected chi connectivity index (χ4v) is 1.53. The van der Waals surface area contributed by atoms with E-state index < -0.39 is 0 Å². The molecule has 0 aliphatic heterocycles. The van der Waals surface area contributed by atoms with Crippen LogP contribution in [0.3, 0.4) is 0 Å². The average molecular weight is 257 g/mol. The van der Waals surface area contributed by atoms with E-state index in [0.29, 0.717) is 28.9 Å². The molecular weight excluding hydrogens is 240 g/mol. The summed E-state index contributed by atoms with van der Waals surface area (Å²) in [7, 11) is 0. The van der Waals surface area contributed by atoms with Crippen LogP contribution in [0.25, 0.3) is 0 Å². The third-order valence-electron chi connectivity index (χ3n) is 2.29. The van der Waals surface area contributed by atoms with Gasteiger partial charge in [0.15, 0.2) is 5.84 Å². The monoisotopic (exact) mass is 256 g/mol. The summed E-state index contributed by atoms with van der Waals surface area (Å²) < 4.78 is 5.54. The lowest BCUT2D eigenvalue weighted by Crippen LogP contribution is -2.13. The summed E-state index contributed by atoms with van der Waals surface area (Å²) in [4.78, 5) is 0. The Balaban J connectivity index is 2.69. The number of rotatable bonds is 5. The van der Waals surface area contributed by atoms with E-state index in [-0.39, 0.29) is 5.84 Å². The number of hydrogen-bond donors (Lipinski definition) is 2. The molecule has 17 heavy (non-hydrogen) atoms. The Hall–Kier alpha value is -1.42. The first-order valence-corrected chi connectivity index (χ1v) is 5.82. The van der Waals surface area contributed by atoms with Crippen LogP contribution in [0.5, 0.6) is 5.75 Å². The molecule has 0 saturated heterocycles. The predicted molar refractivity (Wildman–Crippen MR) is 68.9 cm³/mol. The van der Waals surface area contributed by atoms with Gasteiger partial charge in [-0.15, -0.1) is 0 Å². The number of halogens is 1. The van der Waals surface area contributed by atoms with Gasteiger partial charge in [-0.2, -0.15) is 0 Å². The maximum atomic E-state index is 8.56. The molecule has 1 aromatic carbocycles. The minimum absolute atomic E-state index is 0.0104. The zero-order chi connectivity index (χ0) is 12.8. The molecule has 0 atom stereocenters. The Bertz CT molecular complexity index is 405. The Morgan fingerprint density at radius 3 is 2.76 bits per heavy atom. The maximum Gasteiger partial charge on any atom is 0.171 e. The molecule has 0 aliphatic carbocycles. The molecule has 0 unspecified atom stereocenters. The third-order valence-corrected chi connectivity index (χ3v) is 2.60. The zero-order valence-electron chi connectivity index (χ0n) is 9.98. The summed E-state index contributed by atoms with van der Waals surface area (Å²) >= 11 is 5.99. The second-order valence-electron chi connectivity index (χ2n) is 4.16. The van der Waals surface area contributed by atoms with Crippen molar-refractivity contribution in [2.24, 2.45) is 16.8 Å². The van der Waals surface area contributed by atoms with E-state index >= 15 is 0 Å². The predicted octanol–water partition coefficient (Wildman–Crippen LogP) is 2.86. The van der Waals surface area contributed by atoms with Gasteiger partial charge in [0, 0.05) is 5.56 Å². The molecule has 0 amide bonds. The van der Waals surface area contributed by atoms with E-state index in [2.05, 4.69) is 19.0 Å². The van der Waals surface area contributed by atoms with Crippen LogP contribution in [0.4, 0.5) is 0 Å². The number of nitrogens with zero attached hydrogens (tertiary/aromatic N) is 1. The highest BCUT2D eigenvalue weighted by Crippen LogP contribution is 2.22. The first-order chi connectivity index (χ1) is 8.04. The highest BCUT2D eigenvalue weighted by atomic mass is 35.5. The van der Waals surface area contributed by atoms with Crippen LogP contribution in [0, 0.1) is 5.92 Å². The Kier molecular flexibility index (Phi) is 5.10. The van der Waals surface area contributed by atoms with Gasteiger partial charge in [-0.3, -0.25) is 0 Å². The molecule has 0 aliphatic rings. The van der Waals surface area contributed by atoms with Gasteiger partial charge >= 0.3 is 0 Å². The highest BCUT2D eigenvalue weighted by Gasteiger charge is 2.07. The van der Waals surface area contributed by atoms with Crippen LogP contribution in [-0.4, -0.2) is 17.6 Å². The summed E-state index contributed by atoms with van der Waals surface area (Å²) in [5, 5.41) is 11.9. The molecule has 5 heteroatoms. The van der Waals surface area contributed by atoms with Gasteiger partial charge in [-0.05, 0) is 30.5 Å². The average Bonchev–Trinajstić information content (AvgIpc) is 2.28. The van der Waals surface area contributed by atoms with Crippen molar-refractivity contribution in [1.82, 2.24) is 0 Å². The molecule has 0 saturated carbocycles. The van der Waals surface area contributed by atoms with Crippen LogP contribution in [0.15, 0.2) is 23.4 Å². The molecule has 0 heterocycles. The topological polar surface area (TPSA) is 67.8 Å². The normalized spacial score (nSPS) is 11.9. The lowest BCUT2D eigenvalue weighted by molar-refractivity contribution is 0.289. The Morgan fingerprint density at radius 2 is 2.24 bits per heavy atom. The first-order valence-electron chi connectivity index (χ1n) is 5.45.